The molecule has 3 rings (SSSR count). The highest BCUT2D eigenvalue weighted by molar-refractivity contribution is 5.92. The summed E-state index contributed by atoms with van der Waals surface area (Å²) in [6.45, 7) is 0.443. The number of benzene rings is 3. The van der Waals surface area contributed by atoms with Gasteiger partial charge in [0.2, 0.25) is 6.10 Å². The Hall–Kier alpha value is -3.60. The molecule has 5 nitrogen and oxygen atoms in total. The van der Waals surface area contributed by atoms with Gasteiger partial charge in [0.1, 0.15) is 12.4 Å². The van der Waals surface area contributed by atoms with Gasteiger partial charge in [-0.05, 0) is 29.8 Å². The van der Waals surface area contributed by atoms with E-state index < -0.39 is 12.1 Å². The number of carbonyl (C=O) groups is 2. The van der Waals surface area contributed by atoms with Crippen molar-refractivity contribution in [1.29, 1.82) is 0 Å². The lowest BCUT2D eigenvalue weighted by atomic mass is 10.1. The molecule has 0 saturated carbocycles. The van der Waals surface area contributed by atoms with Crippen LogP contribution in [-0.2, 0) is 16.1 Å². The fraction of sp³-hybridized carbons (Fsp3) is 0.167. The summed E-state index contributed by atoms with van der Waals surface area (Å²) < 4.78 is 11.3. The van der Waals surface area contributed by atoms with Crippen LogP contribution < -0.4 is 4.74 Å². The zero-order valence-electron chi connectivity index (χ0n) is 16.4. The lowest BCUT2D eigenvalue weighted by molar-refractivity contribution is -0.138. The second-order valence-corrected chi connectivity index (χ2v) is 6.73. The number of esters is 1. The van der Waals surface area contributed by atoms with Gasteiger partial charge in [-0.25, -0.2) is 4.79 Å². The molecule has 0 bridgehead atoms. The summed E-state index contributed by atoms with van der Waals surface area (Å²) in [5.41, 5.74) is 2.04. The summed E-state index contributed by atoms with van der Waals surface area (Å²) in [7, 11) is 3.26. The standard InChI is InChI=1S/C24H23NO4/c1-25(2)23(26)22(19-11-7-4-8-12-19)29-24(27)20-13-15-21(16-14-20)28-17-18-9-5-3-6-10-18/h3-16,22H,17H2,1-2H3/t22-/m0/s1. The predicted molar refractivity (Wildman–Crippen MR) is 111 cm³/mol. The van der Waals surface area contributed by atoms with E-state index in [1.807, 2.05) is 36.4 Å². The van der Waals surface area contributed by atoms with Crippen LogP contribution in [-0.4, -0.2) is 30.9 Å². The van der Waals surface area contributed by atoms with E-state index in [0.717, 1.165) is 5.56 Å². The van der Waals surface area contributed by atoms with Crippen molar-refractivity contribution in [3.63, 3.8) is 0 Å². The first kappa shape index (κ1) is 20.1. The number of ether oxygens (including phenoxy) is 2. The Morgan fingerprint density at radius 3 is 2.00 bits per heavy atom. The van der Waals surface area contributed by atoms with E-state index in [1.54, 1.807) is 62.6 Å². The molecule has 0 radical (unpaired) electrons. The summed E-state index contributed by atoms with van der Waals surface area (Å²) in [5, 5.41) is 0. The van der Waals surface area contributed by atoms with Gasteiger partial charge in [0, 0.05) is 19.7 Å². The van der Waals surface area contributed by atoms with Gasteiger partial charge in [0.05, 0.1) is 5.56 Å². The number of carbonyl (C=O) groups excluding carboxylic acids is 2. The van der Waals surface area contributed by atoms with Crippen molar-refractivity contribution in [3.05, 3.63) is 102 Å². The number of rotatable bonds is 7. The summed E-state index contributed by atoms with van der Waals surface area (Å²) in [6, 6.07) is 25.5. The Balaban J connectivity index is 1.67. The molecular formula is C24H23NO4. The van der Waals surface area contributed by atoms with Gasteiger partial charge >= 0.3 is 5.97 Å². The second kappa shape index (κ2) is 9.55. The quantitative estimate of drug-likeness (QED) is 0.567. The van der Waals surface area contributed by atoms with Crippen LogP contribution >= 0.6 is 0 Å². The molecule has 0 spiro atoms. The highest BCUT2D eigenvalue weighted by Gasteiger charge is 2.26. The molecule has 0 heterocycles. The lowest BCUT2D eigenvalue weighted by Gasteiger charge is -2.21. The average molecular weight is 389 g/mol. The van der Waals surface area contributed by atoms with Crippen LogP contribution in [0.2, 0.25) is 0 Å². The van der Waals surface area contributed by atoms with Gasteiger partial charge < -0.3 is 14.4 Å². The second-order valence-electron chi connectivity index (χ2n) is 6.73. The van der Waals surface area contributed by atoms with Crippen molar-refractivity contribution < 1.29 is 19.1 Å². The Kier molecular flexibility index (Phi) is 6.63. The van der Waals surface area contributed by atoms with Gasteiger partial charge in [0.15, 0.2) is 0 Å². The van der Waals surface area contributed by atoms with Crippen LogP contribution in [0, 0.1) is 0 Å². The largest absolute Gasteiger partial charge is 0.489 e. The van der Waals surface area contributed by atoms with Crippen LogP contribution in [0.5, 0.6) is 5.75 Å². The van der Waals surface area contributed by atoms with Gasteiger partial charge in [-0.2, -0.15) is 0 Å². The summed E-state index contributed by atoms with van der Waals surface area (Å²) >= 11 is 0. The van der Waals surface area contributed by atoms with Crippen LogP contribution in [0.3, 0.4) is 0 Å². The molecule has 0 unspecified atom stereocenters. The van der Waals surface area contributed by atoms with Gasteiger partial charge in [-0.1, -0.05) is 60.7 Å². The van der Waals surface area contributed by atoms with E-state index in [2.05, 4.69) is 0 Å². The maximum Gasteiger partial charge on any atom is 0.339 e. The average Bonchev–Trinajstić information content (AvgIpc) is 2.77. The van der Waals surface area contributed by atoms with Gasteiger partial charge in [-0.15, -0.1) is 0 Å². The predicted octanol–water partition coefficient (Wildman–Crippen LogP) is 4.25. The Morgan fingerprint density at radius 1 is 0.828 bits per heavy atom. The lowest BCUT2D eigenvalue weighted by Crippen LogP contribution is -2.31. The highest BCUT2D eigenvalue weighted by atomic mass is 16.5. The minimum atomic E-state index is -0.993. The van der Waals surface area contributed by atoms with E-state index >= 15 is 0 Å². The molecule has 0 saturated heterocycles. The maximum absolute atomic E-state index is 12.6. The van der Waals surface area contributed by atoms with Crippen LogP contribution in [0.15, 0.2) is 84.9 Å². The molecule has 0 fully saturated rings. The van der Waals surface area contributed by atoms with E-state index in [9.17, 15) is 9.59 Å². The van der Waals surface area contributed by atoms with Gasteiger partial charge in [-0.3, -0.25) is 4.79 Å². The molecular weight excluding hydrogens is 366 g/mol. The number of likely N-dealkylation sites (N-methyl/N-ethyl adjacent to an activating group) is 1. The molecule has 148 valence electrons. The number of nitrogens with zero attached hydrogens (tertiary/aromatic N) is 1. The van der Waals surface area contributed by atoms with Crippen molar-refractivity contribution in [2.45, 2.75) is 12.7 Å². The molecule has 0 aliphatic rings. The normalized spacial score (nSPS) is 11.4. The summed E-state index contributed by atoms with van der Waals surface area (Å²) in [6.07, 6.45) is -0.993. The topological polar surface area (TPSA) is 55.8 Å². The van der Waals surface area contributed by atoms with Crippen molar-refractivity contribution in [3.8, 4) is 5.75 Å². The van der Waals surface area contributed by atoms with Crippen molar-refractivity contribution in [2.24, 2.45) is 0 Å². The highest BCUT2D eigenvalue weighted by Crippen LogP contribution is 2.22. The zero-order chi connectivity index (χ0) is 20.6. The summed E-state index contributed by atoms with van der Waals surface area (Å²) in [4.78, 5) is 26.5. The molecule has 1 amide bonds. The number of amides is 1. The van der Waals surface area contributed by atoms with E-state index in [1.165, 1.54) is 4.90 Å². The summed E-state index contributed by atoms with van der Waals surface area (Å²) in [5.74, 6) is -0.217. The Labute approximate surface area is 170 Å². The molecule has 0 aliphatic heterocycles. The molecule has 1 atom stereocenters. The molecule has 0 aliphatic carbocycles. The molecule has 5 heteroatoms. The van der Waals surface area contributed by atoms with Crippen molar-refractivity contribution in [1.82, 2.24) is 4.90 Å². The minimum Gasteiger partial charge on any atom is -0.489 e. The van der Waals surface area contributed by atoms with E-state index in [0.29, 0.717) is 23.5 Å². The third-order valence-electron chi connectivity index (χ3n) is 4.33. The Morgan fingerprint density at radius 2 is 1.41 bits per heavy atom. The van der Waals surface area contributed by atoms with Crippen LogP contribution in [0.4, 0.5) is 0 Å². The Bertz CT molecular complexity index is 938. The molecule has 3 aromatic rings. The molecule has 0 aromatic heterocycles. The van der Waals surface area contributed by atoms with Crippen molar-refractivity contribution in [2.75, 3.05) is 14.1 Å². The third-order valence-corrected chi connectivity index (χ3v) is 4.33. The number of hydrogen-bond donors (Lipinski definition) is 0. The van der Waals surface area contributed by atoms with E-state index in [-0.39, 0.29) is 5.91 Å². The minimum absolute atomic E-state index is 0.299. The fourth-order valence-electron chi connectivity index (χ4n) is 2.73. The first-order valence-corrected chi connectivity index (χ1v) is 9.28. The monoisotopic (exact) mass is 389 g/mol. The zero-order valence-corrected chi connectivity index (χ0v) is 16.4. The van der Waals surface area contributed by atoms with Gasteiger partial charge in [0.25, 0.3) is 5.91 Å². The first-order chi connectivity index (χ1) is 14.0. The first-order valence-electron chi connectivity index (χ1n) is 9.28. The smallest absolute Gasteiger partial charge is 0.339 e. The molecule has 3 aromatic carbocycles. The van der Waals surface area contributed by atoms with Crippen LogP contribution in [0.1, 0.15) is 27.6 Å². The van der Waals surface area contributed by atoms with Crippen molar-refractivity contribution >= 4 is 11.9 Å². The van der Waals surface area contributed by atoms with Crippen LogP contribution in [0.25, 0.3) is 0 Å². The third kappa shape index (κ3) is 5.45. The number of hydrogen-bond acceptors (Lipinski definition) is 4. The SMILES string of the molecule is CN(C)C(=O)[C@@H](OC(=O)c1ccc(OCc2ccccc2)cc1)c1ccccc1. The fourth-order valence-corrected chi connectivity index (χ4v) is 2.73. The molecule has 29 heavy (non-hydrogen) atoms. The molecule has 0 N–H and O–H groups in total. The maximum atomic E-state index is 12.6. The van der Waals surface area contributed by atoms with E-state index in [4.69, 9.17) is 9.47 Å².